The molecule has 0 spiro atoms. The molecule has 27 heavy (non-hydrogen) atoms. The molecule has 0 radical (unpaired) electrons. The number of anilines is 1. The maximum atomic E-state index is 12.8. The fourth-order valence-corrected chi connectivity index (χ4v) is 2.42. The van der Waals surface area contributed by atoms with E-state index in [1.54, 1.807) is 29.2 Å². The topological polar surface area (TPSA) is 99.2 Å². The molecule has 0 unspecified atom stereocenters. The van der Waals surface area contributed by atoms with Crippen LogP contribution in [0.25, 0.3) is 0 Å². The van der Waals surface area contributed by atoms with Crippen molar-refractivity contribution in [3.8, 4) is 6.07 Å². The monoisotopic (exact) mass is 362 g/mol. The number of benzene rings is 2. The number of nitrogens with two attached hydrogens (primary N) is 1. The predicted octanol–water partition coefficient (Wildman–Crippen LogP) is 2.84. The number of amides is 2. The molecule has 138 valence electrons. The molecular weight excluding hydrogens is 340 g/mol. The minimum Gasteiger partial charge on any atom is -0.399 e. The van der Waals surface area contributed by atoms with Crippen molar-refractivity contribution in [2.75, 3.05) is 5.73 Å². The molecule has 0 aliphatic carbocycles. The normalized spacial score (nSPS) is 11.0. The summed E-state index contributed by atoms with van der Waals surface area (Å²) < 4.78 is 0. The third-order valence-corrected chi connectivity index (χ3v) is 3.95. The number of nitrogen functional groups attached to an aromatic ring is 1. The van der Waals surface area contributed by atoms with Gasteiger partial charge < -0.3 is 16.0 Å². The molecule has 2 aromatic rings. The molecule has 0 fully saturated rings. The molecule has 3 N–H and O–H groups in total. The number of rotatable bonds is 6. The summed E-state index contributed by atoms with van der Waals surface area (Å²) in [6.45, 7) is 4.13. The van der Waals surface area contributed by atoms with E-state index in [4.69, 9.17) is 5.73 Å². The Morgan fingerprint density at radius 3 is 2.33 bits per heavy atom. The molecule has 0 aliphatic rings. The first-order valence-corrected chi connectivity index (χ1v) is 8.54. The standard InChI is InChI=1S/C21H22N4O2/c1-15(2)25(14-16-6-4-3-5-7-16)21(27)18(12-22)13-24-20(26)17-8-10-19(23)11-9-17/h3-11,13,15H,14,23H2,1-2H3,(H,24,26)/b18-13-. The summed E-state index contributed by atoms with van der Waals surface area (Å²) in [5.41, 5.74) is 7.35. The highest BCUT2D eigenvalue weighted by Gasteiger charge is 2.21. The lowest BCUT2D eigenvalue weighted by molar-refractivity contribution is -0.129. The number of nitriles is 1. The summed E-state index contributed by atoms with van der Waals surface area (Å²) in [6, 6.07) is 17.6. The van der Waals surface area contributed by atoms with Gasteiger partial charge in [-0.15, -0.1) is 0 Å². The van der Waals surface area contributed by atoms with Gasteiger partial charge in [-0.05, 0) is 43.7 Å². The molecule has 0 atom stereocenters. The minimum atomic E-state index is -0.436. The van der Waals surface area contributed by atoms with E-state index in [2.05, 4.69) is 5.32 Å². The number of carbonyl (C=O) groups excluding carboxylic acids is 2. The Bertz CT molecular complexity index is 865. The van der Waals surface area contributed by atoms with E-state index in [1.807, 2.05) is 50.2 Å². The largest absolute Gasteiger partial charge is 0.399 e. The van der Waals surface area contributed by atoms with Gasteiger partial charge in [-0.1, -0.05) is 30.3 Å². The van der Waals surface area contributed by atoms with Crippen LogP contribution in [0.2, 0.25) is 0 Å². The van der Waals surface area contributed by atoms with E-state index in [1.165, 1.54) is 0 Å². The van der Waals surface area contributed by atoms with Crippen LogP contribution in [0.5, 0.6) is 0 Å². The molecule has 6 nitrogen and oxygen atoms in total. The maximum Gasteiger partial charge on any atom is 0.266 e. The van der Waals surface area contributed by atoms with Crippen molar-refractivity contribution in [3.63, 3.8) is 0 Å². The van der Waals surface area contributed by atoms with Crippen LogP contribution in [0.4, 0.5) is 5.69 Å². The molecule has 0 heterocycles. The molecule has 0 aromatic heterocycles. The number of hydrogen-bond donors (Lipinski definition) is 2. The molecule has 0 aliphatic heterocycles. The number of nitrogens with zero attached hydrogens (tertiary/aromatic N) is 2. The zero-order valence-electron chi connectivity index (χ0n) is 15.3. The van der Waals surface area contributed by atoms with Crippen molar-refractivity contribution in [1.29, 1.82) is 5.26 Å². The SMILES string of the molecule is CC(C)N(Cc1ccccc1)C(=O)/C(C#N)=C\NC(=O)c1ccc(N)cc1. The van der Waals surface area contributed by atoms with E-state index in [9.17, 15) is 14.9 Å². The highest BCUT2D eigenvalue weighted by atomic mass is 16.2. The zero-order chi connectivity index (χ0) is 19.8. The van der Waals surface area contributed by atoms with Crippen LogP contribution in [0, 0.1) is 11.3 Å². The van der Waals surface area contributed by atoms with Crippen LogP contribution in [0.15, 0.2) is 66.4 Å². The second-order valence-corrected chi connectivity index (χ2v) is 6.28. The molecule has 0 saturated carbocycles. The van der Waals surface area contributed by atoms with Gasteiger partial charge in [-0.3, -0.25) is 9.59 Å². The van der Waals surface area contributed by atoms with Gasteiger partial charge in [0.2, 0.25) is 0 Å². The van der Waals surface area contributed by atoms with Crippen molar-refractivity contribution in [2.24, 2.45) is 0 Å². The van der Waals surface area contributed by atoms with E-state index >= 15 is 0 Å². The summed E-state index contributed by atoms with van der Waals surface area (Å²) in [5, 5.41) is 11.9. The Morgan fingerprint density at radius 1 is 1.15 bits per heavy atom. The molecular formula is C21H22N4O2. The van der Waals surface area contributed by atoms with Crippen molar-refractivity contribution in [2.45, 2.75) is 26.4 Å². The minimum absolute atomic E-state index is 0.109. The number of nitrogens with one attached hydrogen (secondary N) is 1. The predicted molar refractivity (Wildman–Crippen MR) is 104 cm³/mol. The fraction of sp³-hybridized carbons (Fsp3) is 0.190. The highest BCUT2D eigenvalue weighted by molar-refractivity contribution is 5.99. The third-order valence-electron chi connectivity index (χ3n) is 3.95. The fourth-order valence-electron chi connectivity index (χ4n) is 2.42. The first-order valence-electron chi connectivity index (χ1n) is 8.54. The summed E-state index contributed by atoms with van der Waals surface area (Å²) in [6.07, 6.45) is 1.15. The van der Waals surface area contributed by atoms with Crippen LogP contribution < -0.4 is 11.1 Å². The van der Waals surface area contributed by atoms with Crippen LogP contribution in [0.1, 0.15) is 29.8 Å². The van der Waals surface area contributed by atoms with E-state index < -0.39 is 11.8 Å². The lowest BCUT2D eigenvalue weighted by Crippen LogP contribution is -2.37. The zero-order valence-corrected chi connectivity index (χ0v) is 15.3. The maximum absolute atomic E-state index is 12.8. The Balaban J connectivity index is 2.14. The summed E-state index contributed by atoms with van der Waals surface area (Å²) >= 11 is 0. The molecule has 6 heteroatoms. The molecule has 0 saturated heterocycles. The van der Waals surface area contributed by atoms with Gasteiger partial charge in [0.1, 0.15) is 11.6 Å². The smallest absolute Gasteiger partial charge is 0.266 e. The first-order chi connectivity index (χ1) is 12.9. The highest BCUT2D eigenvalue weighted by Crippen LogP contribution is 2.12. The van der Waals surface area contributed by atoms with Crippen molar-refractivity contribution < 1.29 is 9.59 Å². The van der Waals surface area contributed by atoms with Gasteiger partial charge in [0.15, 0.2) is 0 Å². The third kappa shape index (κ3) is 5.44. The molecule has 2 amide bonds. The Kier molecular flexibility index (Phi) is 6.73. The molecule has 0 bridgehead atoms. The van der Waals surface area contributed by atoms with Crippen LogP contribution in [0.3, 0.4) is 0 Å². The lowest BCUT2D eigenvalue weighted by Gasteiger charge is -2.26. The number of hydrogen-bond acceptors (Lipinski definition) is 4. The van der Waals surface area contributed by atoms with Crippen LogP contribution in [-0.4, -0.2) is 22.8 Å². The van der Waals surface area contributed by atoms with Crippen LogP contribution in [-0.2, 0) is 11.3 Å². The Hall–Kier alpha value is -3.59. The second kappa shape index (κ2) is 9.20. The molecule has 2 rings (SSSR count). The lowest BCUT2D eigenvalue weighted by atomic mass is 10.1. The van der Waals surface area contributed by atoms with Crippen LogP contribution >= 0.6 is 0 Å². The van der Waals surface area contributed by atoms with Gasteiger partial charge in [0.25, 0.3) is 11.8 Å². The summed E-state index contributed by atoms with van der Waals surface area (Å²) in [7, 11) is 0. The number of carbonyl (C=O) groups is 2. The first kappa shape index (κ1) is 19.7. The van der Waals surface area contributed by atoms with E-state index in [-0.39, 0.29) is 11.6 Å². The van der Waals surface area contributed by atoms with Gasteiger partial charge in [0.05, 0.1) is 0 Å². The average molecular weight is 362 g/mol. The van der Waals surface area contributed by atoms with Crippen molar-refractivity contribution in [1.82, 2.24) is 10.2 Å². The van der Waals surface area contributed by atoms with Crippen molar-refractivity contribution >= 4 is 17.5 Å². The van der Waals surface area contributed by atoms with Gasteiger partial charge in [-0.25, -0.2) is 0 Å². The Labute approximate surface area is 158 Å². The van der Waals surface area contributed by atoms with Gasteiger partial charge >= 0.3 is 0 Å². The summed E-state index contributed by atoms with van der Waals surface area (Å²) in [5.74, 6) is -0.858. The molecule has 2 aromatic carbocycles. The van der Waals surface area contributed by atoms with Crippen molar-refractivity contribution in [3.05, 3.63) is 77.5 Å². The average Bonchev–Trinajstić information content (AvgIpc) is 2.67. The Morgan fingerprint density at radius 2 is 1.78 bits per heavy atom. The van der Waals surface area contributed by atoms with Gasteiger partial charge in [-0.2, -0.15) is 5.26 Å². The van der Waals surface area contributed by atoms with Gasteiger partial charge in [0, 0.05) is 30.0 Å². The van der Waals surface area contributed by atoms with E-state index in [0.717, 1.165) is 11.8 Å². The quantitative estimate of drug-likeness (QED) is 0.469. The summed E-state index contributed by atoms with van der Waals surface area (Å²) in [4.78, 5) is 26.5. The van der Waals surface area contributed by atoms with E-state index in [0.29, 0.717) is 17.8 Å². The second-order valence-electron chi connectivity index (χ2n) is 6.28.